The highest BCUT2D eigenvalue weighted by molar-refractivity contribution is 5.45. The Morgan fingerprint density at radius 3 is 3.00 bits per heavy atom. The predicted octanol–water partition coefficient (Wildman–Crippen LogP) is 3.67. The van der Waals surface area contributed by atoms with E-state index in [1.54, 1.807) is 7.11 Å². The number of fused-ring (bicyclic) bond motifs is 1. The third-order valence-electron chi connectivity index (χ3n) is 4.03. The number of allylic oxidation sites excluding steroid dienone is 1. The van der Waals surface area contributed by atoms with E-state index in [-0.39, 0.29) is 0 Å². The molecule has 19 heavy (non-hydrogen) atoms. The van der Waals surface area contributed by atoms with E-state index in [2.05, 4.69) is 37.0 Å². The van der Waals surface area contributed by atoms with Crippen molar-refractivity contribution in [3.63, 3.8) is 0 Å². The van der Waals surface area contributed by atoms with E-state index in [0.29, 0.717) is 12.0 Å². The Hall–Kier alpha value is -1.28. The Balaban J connectivity index is 2.32. The zero-order chi connectivity index (χ0) is 13.7. The Kier molecular flexibility index (Phi) is 5.03. The van der Waals surface area contributed by atoms with Gasteiger partial charge in [-0.15, -0.1) is 6.58 Å². The van der Waals surface area contributed by atoms with E-state index >= 15 is 0 Å². The molecular weight excluding hydrogens is 234 g/mol. The molecule has 0 aliphatic heterocycles. The molecule has 0 saturated carbocycles. The number of benzene rings is 1. The highest BCUT2D eigenvalue weighted by atomic mass is 16.5. The van der Waals surface area contributed by atoms with Crippen molar-refractivity contribution in [2.75, 3.05) is 13.7 Å². The van der Waals surface area contributed by atoms with Crippen molar-refractivity contribution < 1.29 is 4.74 Å². The molecule has 2 rings (SSSR count). The SMILES string of the molecule is C=CC[C@@H]1c2c(cccc2OC)CC[C@H]1NCCC. The van der Waals surface area contributed by atoms with Gasteiger partial charge in [-0.25, -0.2) is 0 Å². The molecule has 0 spiro atoms. The van der Waals surface area contributed by atoms with Gasteiger partial charge in [-0.1, -0.05) is 25.1 Å². The van der Waals surface area contributed by atoms with Crippen LogP contribution in [-0.2, 0) is 6.42 Å². The van der Waals surface area contributed by atoms with Gasteiger partial charge in [-0.05, 0) is 43.9 Å². The van der Waals surface area contributed by atoms with E-state index in [4.69, 9.17) is 4.74 Å². The molecule has 1 aromatic rings. The molecule has 0 unspecified atom stereocenters. The fourth-order valence-corrected chi connectivity index (χ4v) is 3.16. The molecule has 0 radical (unpaired) electrons. The zero-order valence-electron chi connectivity index (χ0n) is 12.1. The van der Waals surface area contributed by atoms with Gasteiger partial charge in [0.05, 0.1) is 7.11 Å². The normalized spacial score (nSPS) is 21.8. The molecule has 0 heterocycles. The van der Waals surface area contributed by atoms with Gasteiger partial charge in [0.15, 0.2) is 0 Å². The minimum atomic E-state index is 0.490. The topological polar surface area (TPSA) is 21.3 Å². The van der Waals surface area contributed by atoms with E-state index < -0.39 is 0 Å². The maximum atomic E-state index is 5.58. The standard InChI is InChI=1S/C17H25NO/c1-4-7-14-15(18-12-5-2)11-10-13-8-6-9-16(19-3)17(13)14/h4,6,8-9,14-15,18H,1,5,7,10-12H2,2-3H3/t14-,15+/m0/s1. The van der Waals surface area contributed by atoms with Crippen molar-refractivity contribution >= 4 is 0 Å². The van der Waals surface area contributed by atoms with Crippen LogP contribution in [0.25, 0.3) is 0 Å². The lowest BCUT2D eigenvalue weighted by Gasteiger charge is -2.35. The van der Waals surface area contributed by atoms with Crippen LogP contribution in [0.4, 0.5) is 0 Å². The maximum Gasteiger partial charge on any atom is 0.122 e. The first-order chi connectivity index (χ1) is 9.31. The highest BCUT2D eigenvalue weighted by Gasteiger charge is 2.30. The molecule has 2 nitrogen and oxygen atoms in total. The fourth-order valence-electron chi connectivity index (χ4n) is 3.16. The molecule has 1 aliphatic carbocycles. The van der Waals surface area contributed by atoms with E-state index in [0.717, 1.165) is 25.1 Å². The molecule has 104 valence electrons. The van der Waals surface area contributed by atoms with Crippen molar-refractivity contribution in [3.05, 3.63) is 42.0 Å². The summed E-state index contributed by atoms with van der Waals surface area (Å²) in [7, 11) is 1.77. The molecule has 0 saturated heterocycles. The summed E-state index contributed by atoms with van der Waals surface area (Å²) in [5.41, 5.74) is 2.84. The quantitative estimate of drug-likeness (QED) is 0.787. The second-order valence-corrected chi connectivity index (χ2v) is 5.26. The van der Waals surface area contributed by atoms with Crippen LogP contribution in [-0.4, -0.2) is 19.7 Å². The molecule has 0 amide bonds. The first-order valence-electron chi connectivity index (χ1n) is 7.31. The van der Waals surface area contributed by atoms with Crippen LogP contribution < -0.4 is 10.1 Å². The second-order valence-electron chi connectivity index (χ2n) is 5.26. The Morgan fingerprint density at radius 2 is 2.32 bits per heavy atom. The average molecular weight is 259 g/mol. The Morgan fingerprint density at radius 1 is 1.47 bits per heavy atom. The van der Waals surface area contributed by atoms with Gasteiger partial charge in [0.25, 0.3) is 0 Å². The monoisotopic (exact) mass is 259 g/mol. The van der Waals surface area contributed by atoms with Crippen molar-refractivity contribution in [3.8, 4) is 5.75 Å². The molecule has 0 bridgehead atoms. The molecule has 0 fully saturated rings. The van der Waals surface area contributed by atoms with E-state index in [1.165, 1.54) is 24.0 Å². The molecule has 1 aliphatic rings. The van der Waals surface area contributed by atoms with Gasteiger partial charge in [0, 0.05) is 17.5 Å². The summed E-state index contributed by atoms with van der Waals surface area (Å²) in [6, 6.07) is 6.96. The van der Waals surface area contributed by atoms with Crippen molar-refractivity contribution in [1.82, 2.24) is 5.32 Å². The summed E-state index contributed by atoms with van der Waals surface area (Å²) < 4.78 is 5.58. The van der Waals surface area contributed by atoms with E-state index in [1.807, 2.05) is 6.08 Å². The highest BCUT2D eigenvalue weighted by Crippen LogP contribution is 2.40. The van der Waals surface area contributed by atoms with Crippen LogP contribution in [0.5, 0.6) is 5.75 Å². The summed E-state index contributed by atoms with van der Waals surface area (Å²) in [5.74, 6) is 1.52. The van der Waals surface area contributed by atoms with Crippen LogP contribution in [0, 0.1) is 0 Å². The average Bonchev–Trinajstić information content (AvgIpc) is 2.45. The number of ether oxygens (including phenoxy) is 1. The molecule has 2 heteroatoms. The third kappa shape index (κ3) is 3.01. The molecule has 1 N–H and O–H groups in total. The maximum absolute atomic E-state index is 5.58. The van der Waals surface area contributed by atoms with Crippen molar-refractivity contribution in [2.45, 2.75) is 44.6 Å². The minimum absolute atomic E-state index is 0.490. The summed E-state index contributed by atoms with van der Waals surface area (Å²) in [6.07, 6.45) is 6.57. The largest absolute Gasteiger partial charge is 0.496 e. The van der Waals surface area contributed by atoms with Gasteiger partial charge < -0.3 is 10.1 Å². The van der Waals surface area contributed by atoms with Crippen LogP contribution in [0.2, 0.25) is 0 Å². The number of rotatable bonds is 6. The van der Waals surface area contributed by atoms with Crippen LogP contribution in [0.15, 0.2) is 30.9 Å². The smallest absolute Gasteiger partial charge is 0.122 e. The second kappa shape index (κ2) is 6.76. The Labute approximate surface area is 116 Å². The lowest BCUT2D eigenvalue weighted by Crippen LogP contribution is -2.38. The number of hydrogen-bond donors (Lipinski definition) is 1. The van der Waals surface area contributed by atoms with Crippen LogP contribution in [0.3, 0.4) is 0 Å². The lowest BCUT2D eigenvalue weighted by molar-refractivity contribution is 0.359. The molecule has 0 aromatic heterocycles. The van der Waals surface area contributed by atoms with E-state index in [9.17, 15) is 0 Å². The van der Waals surface area contributed by atoms with Gasteiger partial charge in [-0.3, -0.25) is 0 Å². The first kappa shape index (κ1) is 14.1. The number of nitrogens with one attached hydrogen (secondary N) is 1. The summed E-state index contributed by atoms with van der Waals surface area (Å²) in [6.45, 7) is 7.23. The van der Waals surface area contributed by atoms with Crippen LogP contribution in [0.1, 0.15) is 43.2 Å². The summed E-state index contributed by atoms with van der Waals surface area (Å²) in [4.78, 5) is 0. The van der Waals surface area contributed by atoms with Crippen molar-refractivity contribution in [1.29, 1.82) is 0 Å². The fraction of sp³-hybridized carbons (Fsp3) is 0.529. The van der Waals surface area contributed by atoms with Gasteiger partial charge in [0.2, 0.25) is 0 Å². The number of aryl methyl sites for hydroxylation is 1. The summed E-state index contributed by atoms with van der Waals surface area (Å²) in [5, 5.41) is 3.70. The third-order valence-corrected chi connectivity index (χ3v) is 4.03. The van der Waals surface area contributed by atoms with Gasteiger partial charge >= 0.3 is 0 Å². The van der Waals surface area contributed by atoms with Crippen LogP contribution >= 0.6 is 0 Å². The predicted molar refractivity (Wildman–Crippen MR) is 81.0 cm³/mol. The first-order valence-corrected chi connectivity index (χ1v) is 7.31. The molecule has 2 atom stereocenters. The molecule has 1 aromatic carbocycles. The Bertz CT molecular complexity index is 413. The zero-order valence-corrected chi connectivity index (χ0v) is 12.1. The van der Waals surface area contributed by atoms with Gasteiger partial charge in [0.1, 0.15) is 5.75 Å². The molecular formula is C17H25NO. The minimum Gasteiger partial charge on any atom is -0.496 e. The van der Waals surface area contributed by atoms with Crippen molar-refractivity contribution in [2.24, 2.45) is 0 Å². The van der Waals surface area contributed by atoms with Gasteiger partial charge in [-0.2, -0.15) is 0 Å². The number of hydrogen-bond acceptors (Lipinski definition) is 2. The number of methoxy groups -OCH3 is 1. The summed E-state index contributed by atoms with van der Waals surface area (Å²) >= 11 is 0. The lowest BCUT2D eigenvalue weighted by atomic mass is 9.77.